The highest BCUT2D eigenvalue weighted by molar-refractivity contribution is 5.96. The Balaban J connectivity index is 1.86. The van der Waals surface area contributed by atoms with Crippen molar-refractivity contribution in [2.75, 3.05) is 18.5 Å². The molecule has 2 rings (SSSR count). The van der Waals surface area contributed by atoms with Gasteiger partial charge in [0.25, 0.3) is 5.91 Å². The van der Waals surface area contributed by atoms with E-state index in [1.54, 1.807) is 43.3 Å². The molecule has 0 fully saturated rings. The second-order valence-electron chi connectivity index (χ2n) is 7.25. The maximum atomic E-state index is 12.1. The summed E-state index contributed by atoms with van der Waals surface area (Å²) in [6.07, 6.45) is 0. The summed E-state index contributed by atoms with van der Waals surface area (Å²) in [4.78, 5) is 35.7. The molecule has 0 heterocycles. The van der Waals surface area contributed by atoms with E-state index < -0.39 is 24.5 Å². The van der Waals surface area contributed by atoms with Crippen molar-refractivity contribution in [3.8, 4) is 0 Å². The second kappa shape index (κ2) is 9.17. The highest BCUT2D eigenvalue weighted by Crippen LogP contribution is 2.22. The van der Waals surface area contributed by atoms with Gasteiger partial charge in [0.1, 0.15) is 0 Å². The monoisotopic (exact) mass is 383 g/mol. The summed E-state index contributed by atoms with van der Waals surface area (Å²) in [5, 5.41) is 2.61. The van der Waals surface area contributed by atoms with Crippen molar-refractivity contribution >= 4 is 23.5 Å². The zero-order valence-corrected chi connectivity index (χ0v) is 16.6. The lowest BCUT2D eigenvalue weighted by molar-refractivity contribution is -0.119. The largest absolute Gasteiger partial charge is 0.462 e. The fourth-order valence-electron chi connectivity index (χ4n) is 2.42. The number of benzene rings is 2. The van der Waals surface area contributed by atoms with Crippen molar-refractivity contribution < 1.29 is 23.9 Å². The van der Waals surface area contributed by atoms with Crippen molar-refractivity contribution in [3.63, 3.8) is 0 Å². The van der Waals surface area contributed by atoms with Crippen molar-refractivity contribution in [2.45, 2.75) is 33.1 Å². The molecule has 0 aromatic heterocycles. The third-order valence-corrected chi connectivity index (χ3v) is 4.00. The Bertz CT molecular complexity index is 833. The Kier molecular flexibility index (Phi) is 6.93. The van der Waals surface area contributed by atoms with Gasteiger partial charge in [0, 0.05) is 5.69 Å². The van der Waals surface area contributed by atoms with Crippen molar-refractivity contribution in [3.05, 3.63) is 65.2 Å². The van der Waals surface area contributed by atoms with Gasteiger partial charge in [-0.3, -0.25) is 4.79 Å². The number of anilines is 1. The quantitative estimate of drug-likeness (QED) is 0.764. The molecule has 0 spiro atoms. The molecule has 6 nitrogen and oxygen atoms in total. The molecule has 148 valence electrons. The number of hydrogen-bond donors (Lipinski definition) is 1. The molecule has 1 amide bonds. The number of esters is 2. The maximum Gasteiger partial charge on any atom is 0.338 e. The summed E-state index contributed by atoms with van der Waals surface area (Å²) < 4.78 is 9.95. The zero-order valence-electron chi connectivity index (χ0n) is 16.6. The predicted molar refractivity (Wildman–Crippen MR) is 106 cm³/mol. The van der Waals surface area contributed by atoms with E-state index >= 15 is 0 Å². The molecule has 1 N–H and O–H groups in total. The van der Waals surface area contributed by atoms with Gasteiger partial charge in [-0.15, -0.1) is 0 Å². The minimum absolute atomic E-state index is 0.00878. The molecular weight excluding hydrogens is 358 g/mol. The topological polar surface area (TPSA) is 81.7 Å². The van der Waals surface area contributed by atoms with Gasteiger partial charge in [-0.25, -0.2) is 9.59 Å². The summed E-state index contributed by atoms with van der Waals surface area (Å²) >= 11 is 0. The van der Waals surface area contributed by atoms with Crippen LogP contribution in [0.15, 0.2) is 48.5 Å². The number of carbonyl (C=O) groups excluding carboxylic acids is 3. The lowest BCUT2D eigenvalue weighted by Crippen LogP contribution is -2.21. The Labute approximate surface area is 164 Å². The molecule has 0 saturated heterocycles. The molecule has 2 aromatic rings. The average molecular weight is 383 g/mol. The van der Waals surface area contributed by atoms with Crippen LogP contribution in [0.1, 0.15) is 54.0 Å². The first kappa shape index (κ1) is 21.2. The number of amides is 1. The molecule has 0 unspecified atom stereocenters. The van der Waals surface area contributed by atoms with Crippen LogP contribution in [0.3, 0.4) is 0 Å². The van der Waals surface area contributed by atoms with E-state index in [4.69, 9.17) is 9.47 Å². The first-order valence-corrected chi connectivity index (χ1v) is 9.05. The van der Waals surface area contributed by atoms with E-state index in [9.17, 15) is 14.4 Å². The van der Waals surface area contributed by atoms with Gasteiger partial charge in [-0.1, -0.05) is 32.9 Å². The van der Waals surface area contributed by atoms with E-state index in [0.29, 0.717) is 23.4 Å². The summed E-state index contributed by atoms with van der Waals surface area (Å²) in [6, 6.07) is 13.4. The van der Waals surface area contributed by atoms with Crippen LogP contribution in [0.25, 0.3) is 0 Å². The first-order valence-electron chi connectivity index (χ1n) is 9.05. The van der Waals surface area contributed by atoms with Crippen molar-refractivity contribution in [2.24, 2.45) is 0 Å². The highest BCUT2D eigenvalue weighted by atomic mass is 16.5. The summed E-state index contributed by atoms with van der Waals surface area (Å²) in [6.45, 7) is 7.88. The summed E-state index contributed by atoms with van der Waals surface area (Å²) in [7, 11) is 0. The first-order chi connectivity index (χ1) is 13.2. The van der Waals surface area contributed by atoms with Crippen molar-refractivity contribution in [1.29, 1.82) is 0 Å². The van der Waals surface area contributed by atoms with Gasteiger partial charge >= 0.3 is 11.9 Å². The Morgan fingerprint density at radius 2 is 1.32 bits per heavy atom. The average Bonchev–Trinajstić information content (AvgIpc) is 2.66. The normalized spacial score (nSPS) is 10.9. The van der Waals surface area contributed by atoms with Crippen LogP contribution in [0.4, 0.5) is 5.69 Å². The van der Waals surface area contributed by atoms with E-state index in [1.807, 2.05) is 12.1 Å². The molecule has 6 heteroatoms. The Hall–Kier alpha value is -3.15. The van der Waals surface area contributed by atoms with Gasteiger partial charge in [-0.05, 0) is 54.3 Å². The van der Waals surface area contributed by atoms with Gasteiger partial charge in [0.15, 0.2) is 6.61 Å². The standard InChI is InChI=1S/C22H25NO5/c1-5-27-20(25)16-8-12-18(13-9-16)23-19(24)14-28-21(26)15-6-10-17(11-7-15)22(2,3)4/h6-13H,5,14H2,1-4H3,(H,23,24). The fourth-order valence-corrected chi connectivity index (χ4v) is 2.42. The minimum Gasteiger partial charge on any atom is -0.462 e. The predicted octanol–water partition coefficient (Wildman–Crippen LogP) is 3.96. The molecule has 0 aliphatic rings. The number of hydrogen-bond acceptors (Lipinski definition) is 5. The number of carbonyl (C=O) groups is 3. The number of rotatable bonds is 6. The van der Waals surface area contributed by atoms with E-state index in [2.05, 4.69) is 26.1 Å². The zero-order chi connectivity index (χ0) is 20.7. The molecule has 0 bridgehead atoms. The number of nitrogens with one attached hydrogen (secondary N) is 1. The molecule has 0 atom stereocenters. The molecule has 0 aliphatic carbocycles. The lowest BCUT2D eigenvalue weighted by atomic mass is 9.87. The van der Waals surface area contributed by atoms with Crippen LogP contribution in [0.5, 0.6) is 0 Å². The van der Waals surface area contributed by atoms with Gasteiger partial charge < -0.3 is 14.8 Å². The fraction of sp³-hybridized carbons (Fsp3) is 0.318. The third-order valence-electron chi connectivity index (χ3n) is 4.00. The highest BCUT2D eigenvalue weighted by Gasteiger charge is 2.15. The van der Waals surface area contributed by atoms with Crippen LogP contribution in [0.2, 0.25) is 0 Å². The van der Waals surface area contributed by atoms with Crippen LogP contribution < -0.4 is 5.32 Å². The van der Waals surface area contributed by atoms with Crippen molar-refractivity contribution in [1.82, 2.24) is 0 Å². The molecular formula is C22H25NO5. The molecule has 0 aliphatic heterocycles. The minimum atomic E-state index is -0.562. The molecule has 0 saturated carbocycles. The Morgan fingerprint density at radius 3 is 1.82 bits per heavy atom. The Morgan fingerprint density at radius 1 is 0.821 bits per heavy atom. The summed E-state index contributed by atoms with van der Waals surface area (Å²) in [5.74, 6) is -1.45. The lowest BCUT2D eigenvalue weighted by Gasteiger charge is -2.18. The van der Waals surface area contributed by atoms with Crippen LogP contribution in [-0.2, 0) is 19.7 Å². The SMILES string of the molecule is CCOC(=O)c1ccc(NC(=O)COC(=O)c2ccc(C(C)(C)C)cc2)cc1. The van der Waals surface area contributed by atoms with Gasteiger partial charge in [0.05, 0.1) is 17.7 Å². The molecule has 2 aromatic carbocycles. The van der Waals surface area contributed by atoms with E-state index in [1.165, 1.54) is 0 Å². The molecule has 0 radical (unpaired) electrons. The van der Waals surface area contributed by atoms with Crippen LogP contribution in [-0.4, -0.2) is 31.1 Å². The van der Waals surface area contributed by atoms with Gasteiger partial charge in [-0.2, -0.15) is 0 Å². The maximum absolute atomic E-state index is 12.1. The van der Waals surface area contributed by atoms with E-state index in [-0.39, 0.29) is 5.41 Å². The van der Waals surface area contributed by atoms with E-state index in [0.717, 1.165) is 5.56 Å². The smallest absolute Gasteiger partial charge is 0.338 e. The van der Waals surface area contributed by atoms with Gasteiger partial charge in [0.2, 0.25) is 0 Å². The van der Waals surface area contributed by atoms with Crippen LogP contribution in [0, 0.1) is 0 Å². The second-order valence-corrected chi connectivity index (χ2v) is 7.25. The molecule has 28 heavy (non-hydrogen) atoms. The summed E-state index contributed by atoms with van der Waals surface area (Å²) in [5.41, 5.74) is 2.37. The third kappa shape index (κ3) is 5.94. The van der Waals surface area contributed by atoms with Crippen LogP contribution >= 0.6 is 0 Å². The number of ether oxygens (including phenoxy) is 2.